The van der Waals surface area contributed by atoms with Crippen molar-refractivity contribution < 1.29 is 0 Å². The zero-order chi connectivity index (χ0) is 13.8. The second kappa shape index (κ2) is 6.48. The summed E-state index contributed by atoms with van der Waals surface area (Å²) in [5, 5.41) is 3.42. The third kappa shape index (κ3) is 3.08. The van der Waals surface area contributed by atoms with Crippen molar-refractivity contribution in [3.05, 3.63) is 64.4 Å². The van der Waals surface area contributed by atoms with Gasteiger partial charge in [0.2, 0.25) is 0 Å². The van der Waals surface area contributed by atoms with Crippen LogP contribution in [0.25, 0.3) is 0 Å². The summed E-state index contributed by atoms with van der Waals surface area (Å²) in [5.74, 6) is 0. The molecule has 1 atom stereocenters. The minimum atomic E-state index is 0.281. The number of nitrogens with one attached hydrogen (secondary N) is 1. The molecule has 2 heterocycles. The maximum atomic E-state index is 4.29. The Bertz CT molecular complexity index is 553. The van der Waals surface area contributed by atoms with Crippen LogP contribution in [0.3, 0.4) is 0 Å². The van der Waals surface area contributed by atoms with Crippen LogP contribution in [0, 0.1) is 0 Å². The van der Waals surface area contributed by atoms with Crippen LogP contribution in [0.2, 0.25) is 0 Å². The first kappa shape index (κ1) is 13.7. The number of benzene rings is 1. The van der Waals surface area contributed by atoms with E-state index in [4.69, 9.17) is 0 Å². The fraction of sp³-hybridized carbons (Fsp3) is 0.312. The van der Waals surface area contributed by atoms with E-state index in [0.717, 1.165) is 30.7 Å². The average molecular weight is 332 g/mol. The van der Waals surface area contributed by atoms with E-state index in [1.165, 1.54) is 11.1 Å². The molecule has 1 N–H and O–H groups in total. The molecule has 104 valence electrons. The molecule has 1 saturated heterocycles. The van der Waals surface area contributed by atoms with Crippen LogP contribution < -0.4 is 5.32 Å². The summed E-state index contributed by atoms with van der Waals surface area (Å²) in [6.07, 6.45) is 3.81. The van der Waals surface area contributed by atoms with E-state index in [1.807, 2.05) is 18.5 Å². The highest BCUT2D eigenvalue weighted by atomic mass is 79.9. The molecule has 1 fully saturated rings. The number of aromatic nitrogens is 1. The number of hydrogen-bond acceptors (Lipinski definition) is 3. The second-order valence-corrected chi connectivity index (χ2v) is 5.95. The van der Waals surface area contributed by atoms with E-state index >= 15 is 0 Å². The van der Waals surface area contributed by atoms with Gasteiger partial charge in [0, 0.05) is 43.0 Å². The van der Waals surface area contributed by atoms with Gasteiger partial charge in [0.1, 0.15) is 0 Å². The zero-order valence-electron chi connectivity index (χ0n) is 11.3. The van der Waals surface area contributed by atoms with E-state index in [-0.39, 0.29) is 6.04 Å². The van der Waals surface area contributed by atoms with Gasteiger partial charge in [0.15, 0.2) is 0 Å². The third-order valence-electron chi connectivity index (χ3n) is 3.68. The monoisotopic (exact) mass is 331 g/mol. The fourth-order valence-corrected chi connectivity index (χ4v) is 3.19. The second-order valence-electron chi connectivity index (χ2n) is 5.03. The molecule has 0 bridgehead atoms. The number of piperazine rings is 1. The van der Waals surface area contributed by atoms with Crippen LogP contribution in [-0.4, -0.2) is 36.1 Å². The zero-order valence-corrected chi connectivity index (χ0v) is 12.9. The van der Waals surface area contributed by atoms with Crippen molar-refractivity contribution in [3.8, 4) is 0 Å². The largest absolute Gasteiger partial charge is 0.314 e. The van der Waals surface area contributed by atoms with Crippen LogP contribution in [0.5, 0.6) is 0 Å². The lowest BCUT2D eigenvalue weighted by atomic mass is 9.98. The molecule has 20 heavy (non-hydrogen) atoms. The Morgan fingerprint density at radius 1 is 1.10 bits per heavy atom. The minimum absolute atomic E-state index is 0.281. The highest BCUT2D eigenvalue weighted by Gasteiger charge is 2.23. The van der Waals surface area contributed by atoms with Gasteiger partial charge in [-0.1, -0.05) is 34.1 Å². The Morgan fingerprint density at radius 3 is 2.60 bits per heavy atom. The standard InChI is InChI=1S/C16H18BrN3/c17-15-5-1-3-13(11-15)16(14-4-2-6-19-12-14)20-9-7-18-8-10-20/h1-6,11-12,16,18H,7-10H2. The molecule has 3 nitrogen and oxygen atoms in total. The van der Waals surface area contributed by atoms with E-state index in [0.29, 0.717) is 0 Å². The quantitative estimate of drug-likeness (QED) is 0.937. The Kier molecular flexibility index (Phi) is 4.45. The van der Waals surface area contributed by atoms with E-state index in [9.17, 15) is 0 Å². The molecule has 0 aliphatic carbocycles. The highest BCUT2D eigenvalue weighted by Crippen LogP contribution is 2.29. The molecule has 1 unspecified atom stereocenters. The molecular weight excluding hydrogens is 314 g/mol. The minimum Gasteiger partial charge on any atom is -0.314 e. The lowest BCUT2D eigenvalue weighted by Crippen LogP contribution is -2.45. The topological polar surface area (TPSA) is 28.2 Å². The van der Waals surface area contributed by atoms with Crippen LogP contribution in [0.4, 0.5) is 0 Å². The SMILES string of the molecule is Brc1cccc(C(c2cccnc2)N2CCNCC2)c1. The number of rotatable bonds is 3. The van der Waals surface area contributed by atoms with Gasteiger partial charge in [-0.25, -0.2) is 0 Å². The van der Waals surface area contributed by atoms with Crippen molar-refractivity contribution in [1.29, 1.82) is 0 Å². The van der Waals surface area contributed by atoms with Gasteiger partial charge in [0.05, 0.1) is 6.04 Å². The Labute approximate surface area is 128 Å². The third-order valence-corrected chi connectivity index (χ3v) is 4.17. The molecular formula is C16H18BrN3. The van der Waals surface area contributed by atoms with Gasteiger partial charge in [-0.05, 0) is 29.3 Å². The molecule has 0 spiro atoms. The lowest BCUT2D eigenvalue weighted by Gasteiger charge is -2.35. The maximum absolute atomic E-state index is 4.29. The molecule has 1 aromatic heterocycles. The molecule has 0 amide bonds. The number of pyridine rings is 1. The van der Waals surface area contributed by atoms with Crippen molar-refractivity contribution in [2.24, 2.45) is 0 Å². The van der Waals surface area contributed by atoms with Crippen molar-refractivity contribution in [2.45, 2.75) is 6.04 Å². The normalized spacial score (nSPS) is 17.9. The molecule has 0 saturated carbocycles. The molecule has 2 aromatic rings. The number of hydrogen-bond donors (Lipinski definition) is 1. The predicted octanol–water partition coefficient (Wildman–Crippen LogP) is 2.84. The van der Waals surface area contributed by atoms with Crippen LogP contribution in [0.15, 0.2) is 53.3 Å². The smallest absolute Gasteiger partial charge is 0.0618 e. The summed E-state index contributed by atoms with van der Waals surface area (Å²) in [6.45, 7) is 4.22. The average Bonchev–Trinajstić information content (AvgIpc) is 2.50. The highest BCUT2D eigenvalue weighted by molar-refractivity contribution is 9.10. The van der Waals surface area contributed by atoms with Crippen LogP contribution >= 0.6 is 15.9 Å². The summed E-state index contributed by atoms with van der Waals surface area (Å²) in [4.78, 5) is 6.82. The predicted molar refractivity (Wildman–Crippen MR) is 84.7 cm³/mol. The summed E-state index contributed by atoms with van der Waals surface area (Å²) >= 11 is 3.58. The van der Waals surface area contributed by atoms with Crippen molar-refractivity contribution in [1.82, 2.24) is 15.2 Å². The lowest BCUT2D eigenvalue weighted by molar-refractivity contribution is 0.198. The summed E-state index contributed by atoms with van der Waals surface area (Å²) in [5.41, 5.74) is 2.57. The molecule has 3 rings (SSSR count). The van der Waals surface area contributed by atoms with Crippen LogP contribution in [-0.2, 0) is 0 Å². The number of halogens is 1. The van der Waals surface area contributed by atoms with Gasteiger partial charge >= 0.3 is 0 Å². The molecule has 1 aliphatic rings. The maximum Gasteiger partial charge on any atom is 0.0618 e. The summed E-state index contributed by atoms with van der Waals surface area (Å²) < 4.78 is 1.12. The van der Waals surface area contributed by atoms with Gasteiger partial charge in [0.25, 0.3) is 0 Å². The molecule has 0 radical (unpaired) electrons. The first-order chi connectivity index (χ1) is 9.84. The van der Waals surface area contributed by atoms with Gasteiger partial charge in [-0.15, -0.1) is 0 Å². The van der Waals surface area contributed by atoms with E-state index < -0.39 is 0 Å². The summed E-state index contributed by atoms with van der Waals surface area (Å²) in [6, 6.07) is 13.0. The van der Waals surface area contributed by atoms with Crippen LogP contribution in [0.1, 0.15) is 17.2 Å². The van der Waals surface area contributed by atoms with Crippen molar-refractivity contribution in [3.63, 3.8) is 0 Å². The van der Waals surface area contributed by atoms with Gasteiger partial charge < -0.3 is 5.32 Å². The summed E-state index contributed by atoms with van der Waals surface area (Å²) in [7, 11) is 0. The van der Waals surface area contributed by atoms with Gasteiger partial charge in [-0.3, -0.25) is 9.88 Å². The van der Waals surface area contributed by atoms with E-state index in [2.05, 4.69) is 61.5 Å². The van der Waals surface area contributed by atoms with Crippen molar-refractivity contribution in [2.75, 3.05) is 26.2 Å². The Hall–Kier alpha value is -1.23. The van der Waals surface area contributed by atoms with E-state index in [1.54, 1.807) is 0 Å². The molecule has 1 aliphatic heterocycles. The Balaban J connectivity index is 1.98. The van der Waals surface area contributed by atoms with Crippen molar-refractivity contribution >= 4 is 15.9 Å². The first-order valence-electron chi connectivity index (χ1n) is 6.95. The molecule has 1 aromatic carbocycles. The fourth-order valence-electron chi connectivity index (χ4n) is 2.77. The number of nitrogens with zero attached hydrogens (tertiary/aromatic N) is 2. The molecule has 4 heteroatoms. The first-order valence-corrected chi connectivity index (χ1v) is 7.74. The Morgan fingerprint density at radius 2 is 1.90 bits per heavy atom. The van der Waals surface area contributed by atoms with Gasteiger partial charge in [-0.2, -0.15) is 0 Å².